The normalized spacial score (nSPS) is 25.2. The van der Waals surface area contributed by atoms with Crippen molar-refractivity contribution in [1.29, 1.82) is 0 Å². The van der Waals surface area contributed by atoms with E-state index < -0.39 is 47.1 Å². The lowest BCUT2D eigenvalue weighted by Crippen LogP contribution is -2.48. The number of carbonyl (C=O) groups excluding carboxylic acids is 4. The van der Waals surface area contributed by atoms with Crippen LogP contribution < -0.4 is 4.90 Å². The molecule has 5 rings (SSSR count). The van der Waals surface area contributed by atoms with Gasteiger partial charge in [-0.05, 0) is 23.3 Å². The number of fused-ring (bicyclic) bond motifs is 5. The maximum Gasteiger partial charge on any atom is 0.339 e. The van der Waals surface area contributed by atoms with E-state index in [9.17, 15) is 19.2 Å². The Hall–Kier alpha value is -3.81. The Kier molecular flexibility index (Phi) is 4.93. The van der Waals surface area contributed by atoms with Gasteiger partial charge >= 0.3 is 5.97 Å². The molecule has 0 saturated carbocycles. The van der Waals surface area contributed by atoms with Crippen molar-refractivity contribution < 1.29 is 23.9 Å². The summed E-state index contributed by atoms with van der Waals surface area (Å²) in [6, 6.07) is 12.5. The zero-order valence-corrected chi connectivity index (χ0v) is 19.4. The summed E-state index contributed by atoms with van der Waals surface area (Å²) in [6.07, 6.45) is 1.68. The average Bonchev–Trinajstić information content (AvgIpc) is 3.30. The van der Waals surface area contributed by atoms with Gasteiger partial charge in [0.25, 0.3) is 0 Å². The second kappa shape index (κ2) is 7.62. The topological polar surface area (TPSA) is 96.3 Å². The van der Waals surface area contributed by atoms with Gasteiger partial charge in [-0.3, -0.25) is 19.4 Å². The van der Waals surface area contributed by atoms with Crippen molar-refractivity contribution in [2.24, 2.45) is 22.4 Å². The van der Waals surface area contributed by atoms with Crippen LogP contribution in [-0.2, 0) is 19.1 Å². The molecule has 174 valence electrons. The number of para-hydroxylation sites is 1. The third-order valence-corrected chi connectivity index (χ3v) is 6.85. The van der Waals surface area contributed by atoms with E-state index in [1.165, 1.54) is 13.2 Å². The molecule has 8 heteroatoms. The predicted octanol–water partition coefficient (Wildman–Crippen LogP) is 2.97. The summed E-state index contributed by atoms with van der Waals surface area (Å²) in [5.74, 6) is -3.49. The van der Waals surface area contributed by atoms with Gasteiger partial charge in [-0.15, -0.1) is 0 Å². The van der Waals surface area contributed by atoms with Gasteiger partial charge < -0.3 is 4.74 Å². The number of anilines is 1. The van der Waals surface area contributed by atoms with Gasteiger partial charge in [0.05, 0.1) is 42.5 Å². The molecule has 8 nitrogen and oxygen atoms in total. The first-order chi connectivity index (χ1) is 16.2. The number of carbonyl (C=O) groups is 4. The Morgan fingerprint density at radius 3 is 2.29 bits per heavy atom. The van der Waals surface area contributed by atoms with Crippen LogP contribution in [0.5, 0.6) is 0 Å². The zero-order chi connectivity index (χ0) is 24.4. The first-order valence-corrected chi connectivity index (χ1v) is 11.2. The number of hydrogen-bond acceptors (Lipinski definition) is 7. The number of esters is 1. The third kappa shape index (κ3) is 3.01. The fourth-order valence-corrected chi connectivity index (χ4v) is 5.30. The van der Waals surface area contributed by atoms with E-state index >= 15 is 0 Å². The quantitative estimate of drug-likeness (QED) is 0.517. The standard InChI is InChI=1S/C26H25N3O5/c1-26(2,3)22(30)21-19-18(20-15-10-6-5-9-14(15)13-27-29(20)21)23(31)28(24(19)32)17-12-8-7-11-16(17)25(33)34-4/h5-13,18-21H,1-4H3/t18-,19+,20+,21-/m1/s1. The van der Waals surface area contributed by atoms with E-state index in [4.69, 9.17) is 4.74 Å². The van der Waals surface area contributed by atoms with Crippen LogP contribution in [0, 0.1) is 17.3 Å². The molecule has 3 aliphatic rings. The molecule has 0 N–H and O–H groups in total. The van der Waals surface area contributed by atoms with E-state index in [0.717, 1.165) is 16.0 Å². The molecule has 0 aliphatic carbocycles. The van der Waals surface area contributed by atoms with E-state index in [0.29, 0.717) is 0 Å². The fraction of sp³-hybridized carbons (Fsp3) is 0.346. The number of hydrazone groups is 1. The molecule has 4 atom stereocenters. The lowest BCUT2D eigenvalue weighted by atomic mass is 9.79. The number of amides is 2. The molecule has 2 aromatic rings. The van der Waals surface area contributed by atoms with Crippen LogP contribution in [0.1, 0.15) is 48.3 Å². The highest BCUT2D eigenvalue weighted by Gasteiger charge is 2.66. The highest BCUT2D eigenvalue weighted by atomic mass is 16.5. The van der Waals surface area contributed by atoms with Crippen LogP contribution in [0.4, 0.5) is 5.69 Å². The average molecular weight is 460 g/mol. The van der Waals surface area contributed by atoms with Crippen molar-refractivity contribution in [2.75, 3.05) is 12.0 Å². The van der Waals surface area contributed by atoms with Gasteiger partial charge in [-0.2, -0.15) is 5.10 Å². The largest absolute Gasteiger partial charge is 0.465 e. The van der Waals surface area contributed by atoms with Gasteiger partial charge in [-0.25, -0.2) is 9.69 Å². The second-order valence-electron chi connectivity index (χ2n) is 9.83. The highest BCUT2D eigenvalue weighted by molar-refractivity contribution is 6.25. The molecule has 3 heterocycles. The molecule has 0 unspecified atom stereocenters. The van der Waals surface area contributed by atoms with E-state index in [1.54, 1.807) is 50.2 Å². The Labute approximate surface area is 197 Å². The number of imide groups is 1. The number of ether oxygens (including phenoxy) is 1. The maximum atomic E-state index is 13.9. The zero-order valence-electron chi connectivity index (χ0n) is 19.4. The van der Waals surface area contributed by atoms with Crippen molar-refractivity contribution in [2.45, 2.75) is 32.9 Å². The number of Topliss-reactive ketones (excluding diaryl/α,β-unsaturated/α-hetero) is 1. The maximum absolute atomic E-state index is 13.9. The number of rotatable bonds is 3. The minimum absolute atomic E-state index is 0.115. The van der Waals surface area contributed by atoms with Crippen molar-refractivity contribution in [3.05, 3.63) is 65.2 Å². The van der Waals surface area contributed by atoms with E-state index in [2.05, 4.69) is 5.10 Å². The van der Waals surface area contributed by atoms with Gasteiger partial charge in [0.2, 0.25) is 11.8 Å². The molecule has 0 radical (unpaired) electrons. The van der Waals surface area contributed by atoms with Crippen LogP contribution >= 0.6 is 0 Å². The number of benzene rings is 2. The highest BCUT2D eigenvalue weighted by Crippen LogP contribution is 2.53. The van der Waals surface area contributed by atoms with Crippen LogP contribution in [0.3, 0.4) is 0 Å². The number of ketones is 1. The van der Waals surface area contributed by atoms with Crippen molar-refractivity contribution in [3.8, 4) is 0 Å². The summed E-state index contributed by atoms with van der Waals surface area (Å²) in [7, 11) is 1.24. The number of nitrogens with zero attached hydrogens (tertiary/aromatic N) is 3. The SMILES string of the molecule is COC(=O)c1ccccc1N1C(=O)[C@@H]2[C@H](C1=O)[C@H](C(=O)C(C)(C)C)N1N=Cc3ccccc3[C@@H]21. The summed E-state index contributed by atoms with van der Waals surface area (Å²) in [5, 5.41) is 6.19. The van der Waals surface area contributed by atoms with Crippen molar-refractivity contribution in [3.63, 3.8) is 0 Å². The van der Waals surface area contributed by atoms with Gasteiger partial charge in [0.1, 0.15) is 6.04 Å². The first kappa shape index (κ1) is 22.0. The monoisotopic (exact) mass is 459 g/mol. The molecule has 2 saturated heterocycles. The first-order valence-electron chi connectivity index (χ1n) is 11.2. The lowest BCUT2D eigenvalue weighted by Gasteiger charge is -2.35. The Balaban J connectivity index is 1.68. The van der Waals surface area contributed by atoms with E-state index in [1.807, 2.05) is 24.3 Å². The van der Waals surface area contributed by atoms with Crippen molar-refractivity contribution >= 4 is 35.5 Å². The van der Waals surface area contributed by atoms with Crippen LogP contribution in [0.2, 0.25) is 0 Å². The number of hydrogen-bond donors (Lipinski definition) is 0. The summed E-state index contributed by atoms with van der Waals surface area (Å²) >= 11 is 0. The Morgan fingerprint density at radius 1 is 0.941 bits per heavy atom. The molecule has 0 aromatic heterocycles. The molecule has 0 spiro atoms. The summed E-state index contributed by atoms with van der Waals surface area (Å²) in [5.41, 5.74) is 1.22. The molecule has 2 amide bonds. The molecule has 0 bridgehead atoms. The Morgan fingerprint density at radius 2 is 1.59 bits per heavy atom. The van der Waals surface area contributed by atoms with Crippen LogP contribution in [-0.4, -0.2) is 47.9 Å². The smallest absolute Gasteiger partial charge is 0.339 e. The molecule has 2 fully saturated rings. The van der Waals surface area contributed by atoms with Gasteiger partial charge in [0, 0.05) is 5.41 Å². The summed E-state index contributed by atoms with van der Waals surface area (Å²) < 4.78 is 4.87. The van der Waals surface area contributed by atoms with Crippen molar-refractivity contribution in [1.82, 2.24) is 5.01 Å². The van der Waals surface area contributed by atoms with Crippen LogP contribution in [0.25, 0.3) is 0 Å². The predicted molar refractivity (Wildman–Crippen MR) is 124 cm³/mol. The summed E-state index contributed by atoms with van der Waals surface area (Å²) in [6.45, 7) is 5.39. The van der Waals surface area contributed by atoms with Gasteiger partial charge in [-0.1, -0.05) is 57.2 Å². The molecular weight excluding hydrogens is 434 g/mol. The molecule has 2 aromatic carbocycles. The second-order valence-corrected chi connectivity index (χ2v) is 9.83. The molecular formula is C26H25N3O5. The minimum Gasteiger partial charge on any atom is -0.465 e. The lowest BCUT2D eigenvalue weighted by molar-refractivity contribution is -0.136. The fourth-order valence-electron chi connectivity index (χ4n) is 5.30. The van der Waals surface area contributed by atoms with Gasteiger partial charge in [0.15, 0.2) is 5.78 Å². The Bertz CT molecular complexity index is 1260. The third-order valence-electron chi connectivity index (χ3n) is 6.85. The molecule has 3 aliphatic heterocycles. The summed E-state index contributed by atoms with van der Waals surface area (Å²) in [4.78, 5) is 54.9. The minimum atomic E-state index is -0.918. The molecule has 34 heavy (non-hydrogen) atoms. The number of methoxy groups -OCH3 is 1. The van der Waals surface area contributed by atoms with Crippen LogP contribution in [0.15, 0.2) is 53.6 Å². The van der Waals surface area contributed by atoms with E-state index in [-0.39, 0.29) is 17.0 Å².